The first kappa shape index (κ1) is 25.3. The smallest absolute Gasteiger partial charge is 0.123 e. The number of hydrogen-bond donors (Lipinski definition) is 2. The largest absolute Gasteiger partial charge is 0.496 e. The molecule has 0 spiro atoms. The van der Waals surface area contributed by atoms with E-state index in [-0.39, 0.29) is 30.2 Å². The molecule has 2 aromatic rings. The first-order chi connectivity index (χ1) is 13.0. The van der Waals surface area contributed by atoms with E-state index in [4.69, 9.17) is 11.2 Å². The maximum atomic E-state index is 5.73. The van der Waals surface area contributed by atoms with Crippen LogP contribution in [-0.2, 0) is 12.0 Å². The first-order valence-corrected chi connectivity index (χ1v) is 9.72. The summed E-state index contributed by atoms with van der Waals surface area (Å²) in [5.41, 5.74) is 3.34. The number of ether oxygens (including phenoxy) is 1. The van der Waals surface area contributed by atoms with Crippen LogP contribution in [0.25, 0.3) is 0 Å². The van der Waals surface area contributed by atoms with Crippen LogP contribution < -0.4 is 15.4 Å². The van der Waals surface area contributed by atoms with Crippen LogP contribution in [0.5, 0.6) is 5.75 Å². The lowest BCUT2D eigenvalue weighted by atomic mass is 9.84. The normalized spacial score (nSPS) is 18.7. The predicted molar refractivity (Wildman–Crippen MR) is 126 cm³/mol. The van der Waals surface area contributed by atoms with E-state index in [2.05, 4.69) is 72.9 Å². The summed E-state index contributed by atoms with van der Waals surface area (Å²) in [7, 11) is 1.72. The third-order valence-corrected chi connectivity index (χ3v) is 5.53. The molecule has 3 nitrogen and oxygen atoms in total. The van der Waals surface area contributed by atoms with Gasteiger partial charge in [-0.25, -0.2) is 0 Å². The summed E-state index contributed by atoms with van der Waals surface area (Å²) >= 11 is 0. The van der Waals surface area contributed by atoms with E-state index in [9.17, 15) is 0 Å². The lowest BCUT2D eigenvalue weighted by Crippen LogP contribution is -2.45. The van der Waals surface area contributed by atoms with Gasteiger partial charge in [0.2, 0.25) is 0 Å². The second-order valence-corrected chi connectivity index (χ2v) is 7.77. The van der Waals surface area contributed by atoms with Gasteiger partial charge >= 0.3 is 0 Å². The quantitative estimate of drug-likeness (QED) is 0.625. The number of benzene rings is 2. The third kappa shape index (κ3) is 6.14. The molecule has 2 aromatic carbocycles. The van der Waals surface area contributed by atoms with Crippen molar-refractivity contribution < 1.29 is 4.74 Å². The first-order valence-electron chi connectivity index (χ1n) is 9.72. The highest BCUT2D eigenvalue weighted by molar-refractivity contribution is 5.85. The number of terminal acetylenes is 1. The van der Waals surface area contributed by atoms with E-state index in [0.29, 0.717) is 12.1 Å². The standard InChI is InChI=1S/C24H30N2O.2ClH/c1-5-24(2,3)20-13-14-22(27-4)19(16-20)17-26-21-12-9-15-25-23(21)18-10-7-6-8-11-18;;/h1,6-8,10-11,13-14,16,21,23,25-26H,9,12,15,17H2,2-4H3;2*1H/t21-,23-;;/m0../s1. The molecule has 29 heavy (non-hydrogen) atoms. The molecular weight excluding hydrogens is 403 g/mol. The van der Waals surface area contributed by atoms with Gasteiger partial charge in [0.25, 0.3) is 0 Å². The van der Waals surface area contributed by atoms with E-state index in [1.807, 2.05) is 6.07 Å². The minimum absolute atomic E-state index is 0. The van der Waals surface area contributed by atoms with Crippen LogP contribution in [0.3, 0.4) is 0 Å². The number of halogens is 2. The van der Waals surface area contributed by atoms with Crippen LogP contribution in [-0.4, -0.2) is 19.7 Å². The Hall–Kier alpha value is -1.70. The van der Waals surface area contributed by atoms with Crippen LogP contribution >= 0.6 is 24.8 Å². The molecule has 0 saturated carbocycles. The highest BCUT2D eigenvalue weighted by Gasteiger charge is 2.26. The topological polar surface area (TPSA) is 33.3 Å². The zero-order chi connectivity index (χ0) is 19.3. The summed E-state index contributed by atoms with van der Waals surface area (Å²) in [4.78, 5) is 0. The van der Waals surface area contributed by atoms with Gasteiger partial charge in [-0.3, -0.25) is 0 Å². The monoisotopic (exact) mass is 434 g/mol. The fourth-order valence-electron chi connectivity index (χ4n) is 3.75. The van der Waals surface area contributed by atoms with Crippen LogP contribution in [0.2, 0.25) is 0 Å². The molecule has 1 aliphatic rings. The molecule has 3 rings (SSSR count). The van der Waals surface area contributed by atoms with Gasteiger partial charge in [-0.1, -0.05) is 42.3 Å². The molecule has 0 radical (unpaired) electrons. The summed E-state index contributed by atoms with van der Waals surface area (Å²) in [6.45, 7) is 5.96. The maximum absolute atomic E-state index is 5.73. The van der Waals surface area contributed by atoms with Crippen molar-refractivity contribution in [2.24, 2.45) is 0 Å². The molecule has 0 aromatic heterocycles. The lowest BCUT2D eigenvalue weighted by molar-refractivity contribution is 0.302. The minimum atomic E-state index is -0.292. The van der Waals surface area contributed by atoms with Crippen LogP contribution in [0.1, 0.15) is 49.4 Å². The molecule has 0 unspecified atom stereocenters. The molecule has 1 saturated heterocycles. The molecule has 0 bridgehead atoms. The number of hydrogen-bond acceptors (Lipinski definition) is 3. The summed E-state index contributed by atoms with van der Waals surface area (Å²) in [5.74, 6) is 3.79. The SMILES string of the molecule is C#CC(C)(C)c1ccc(OC)c(CN[C@H]2CCCN[C@H]2c2ccccc2)c1.Cl.Cl. The van der Waals surface area contributed by atoms with E-state index >= 15 is 0 Å². The minimum Gasteiger partial charge on any atom is -0.496 e. The summed E-state index contributed by atoms with van der Waals surface area (Å²) in [6.07, 6.45) is 8.07. The number of methoxy groups -OCH3 is 1. The number of rotatable bonds is 6. The van der Waals surface area contributed by atoms with Crippen LogP contribution in [0.4, 0.5) is 0 Å². The second-order valence-electron chi connectivity index (χ2n) is 7.77. The lowest BCUT2D eigenvalue weighted by Gasteiger charge is -2.34. The van der Waals surface area contributed by atoms with Gasteiger partial charge in [-0.15, -0.1) is 31.2 Å². The molecule has 5 heteroatoms. The van der Waals surface area contributed by atoms with E-state index in [0.717, 1.165) is 36.4 Å². The summed E-state index contributed by atoms with van der Waals surface area (Å²) in [6, 6.07) is 17.7. The van der Waals surface area contributed by atoms with Crippen molar-refractivity contribution in [3.8, 4) is 18.1 Å². The van der Waals surface area contributed by atoms with Gasteiger partial charge < -0.3 is 15.4 Å². The molecule has 2 N–H and O–H groups in total. The van der Waals surface area contributed by atoms with Crippen molar-refractivity contribution in [2.45, 2.75) is 50.7 Å². The number of piperidine rings is 1. The Bertz CT molecular complexity index is 802. The van der Waals surface area contributed by atoms with Gasteiger partial charge in [0.15, 0.2) is 0 Å². The van der Waals surface area contributed by atoms with Crippen LogP contribution in [0, 0.1) is 12.3 Å². The Balaban J connectivity index is 0.00000210. The average Bonchev–Trinajstić information content (AvgIpc) is 2.72. The fourth-order valence-corrected chi connectivity index (χ4v) is 3.75. The van der Waals surface area contributed by atoms with Gasteiger partial charge in [-0.2, -0.15) is 0 Å². The fraction of sp³-hybridized carbons (Fsp3) is 0.417. The van der Waals surface area contributed by atoms with Crippen molar-refractivity contribution in [2.75, 3.05) is 13.7 Å². The van der Waals surface area contributed by atoms with Crippen molar-refractivity contribution in [1.29, 1.82) is 0 Å². The van der Waals surface area contributed by atoms with Gasteiger partial charge in [0.05, 0.1) is 12.5 Å². The Labute approximate surface area is 187 Å². The molecule has 2 atom stereocenters. The molecule has 1 fully saturated rings. The highest BCUT2D eigenvalue weighted by atomic mass is 35.5. The van der Waals surface area contributed by atoms with E-state index in [1.54, 1.807) is 7.11 Å². The Kier molecular flexibility index (Phi) is 10.0. The van der Waals surface area contributed by atoms with Crippen molar-refractivity contribution in [3.63, 3.8) is 0 Å². The summed E-state index contributed by atoms with van der Waals surface area (Å²) < 4.78 is 5.59. The molecule has 0 aliphatic carbocycles. The van der Waals surface area contributed by atoms with E-state index < -0.39 is 0 Å². The Morgan fingerprint density at radius 3 is 2.55 bits per heavy atom. The molecule has 1 heterocycles. The Morgan fingerprint density at radius 1 is 1.17 bits per heavy atom. The zero-order valence-electron chi connectivity index (χ0n) is 17.4. The molecule has 0 amide bonds. The maximum Gasteiger partial charge on any atom is 0.123 e. The van der Waals surface area contributed by atoms with Crippen molar-refractivity contribution >= 4 is 24.8 Å². The van der Waals surface area contributed by atoms with Crippen LogP contribution in [0.15, 0.2) is 48.5 Å². The van der Waals surface area contributed by atoms with Gasteiger partial charge in [0.1, 0.15) is 5.75 Å². The highest BCUT2D eigenvalue weighted by Crippen LogP contribution is 2.29. The summed E-state index contributed by atoms with van der Waals surface area (Å²) in [5, 5.41) is 7.44. The van der Waals surface area contributed by atoms with Crippen molar-refractivity contribution in [3.05, 3.63) is 65.2 Å². The molecule has 158 valence electrons. The van der Waals surface area contributed by atoms with E-state index in [1.165, 1.54) is 12.0 Å². The van der Waals surface area contributed by atoms with Gasteiger partial charge in [0, 0.05) is 24.2 Å². The second kappa shape index (κ2) is 11.5. The predicted octanol–water partition coefficient (Wildman–Crippen LogP) is 5.03. The van der Waals surface area contributed by atoms with Gasteiger partial charge in [-0.05, 0) is 56.5 Å². The number of nitrogens with one attached hydrogen (secondary N) is 2. The van der Waals surface area contributed by atoms with Crippen molar-refractivity contribution in [1.82, 2.24) is 10.6 Å². The third-order valence-electron chi connectivity index (χ3n) is 5.53. The Morgan fingerprint density at radius 2 is 1.90 bits per heavy atom. The zero-order valence-corrected chi connectivity index (χ0v) is 19.0. The molecule has 1 aliphatic heterocycles. The molecular formula is C24H32Cl2N2O. The average molecular weight is 435 g/mol.